The van der Waals surface area contributed by atoms with E-state index in [1.807, 2.05) is 0 Å². The lowest BCUT2D eigenvalue weighted by molar-refractivity contribution is -0.139. The summed E-state index contributed by atoms with van der Waals surface area (Å²) in [6, 6.07) is 5.97. The van der Waals surface area contributed by atoms with E-state index in [0.29, 0.717) is 32.8 Å². The van der Waals surface area contributed by atoms with Gasteiger partial charge in [-0.15, -0.1) is 17.9 Å². The Hall–Kier alpha value is -2.38. The lowest BCUT2D eigenvalue weighted by atomic mass is 10.1. The summed E-state index contributed by atoms with van der Waals surface area (Å²) in [6.07, 6.45) is 2.40. The molecule has 1 unspecified atom stereocenters. The summed E-state index contributed by atoms with van der Waals surface area (Å²) in [6.45, 7) is 5.47. The zero-order valence-electron chi connectivity index (χ0n) is 14.2. The number of nitrogens with zero attached hydrogens (tertiary/aromatic N) is 1. The molecular formula is C18H19ClN2O4S. The van der Waals surface area contributed by atoms with E-state index in [-0.39, 0.29) is 13.0 Å². The van der Waals surface area contributed by atoms with Crippen molar-refractivity contribution >= 4 is 34.8 Å². The zero-order valence-corrected chi connectivity index (χ0v) is 15.8. The SMILES string of the molecule is C=CCCC(NC(=O)c1sc(COc2ccc(Cl)cc2)nc1C)C(=O)O. The Kier molecular flexibility index (Phi) is 7.17. The van der Waals surface area contributed by atoms with Crippen LogP contribution in [-0.2, 0) is 11.4 Å². The van der Waals surface area contributed by atoms with Gasteiger partial charge in [-0.1, -0.05) is 17.7 Å². The van der Waals surface area contributed by atoms with Gasteiger partial charge in [0.1, 0.15) is 28.3 Å². The van der Waals surface area contributed by atoms with Crippen LogP contribution in [0, 0.1) is 6.92 Å². The number of thiazole rings is 1. The van der Waals surface area contributed by atoms with E-state index in [9.17, 15) is 14.7 Å². The molecule has 26 heavy (non-hydrogen) atoms. The van der Waals surface area contributed by atoms with E-state index < -0.39 is 17.9 Å². The van der Waals surface area contributed by atoms with Crippen LogP contribution in [0.15, 0.2) is 36.9 Å². The number of hydrogen-bond donors (Lipinski definition) is 2. The van der Waals surface area contributed by atoms with Crippen molar-refractivity contribution in [3.63, 3.8) is 0 Å². The fourth-order valence-corrected chi connectivity index (χ4v) is 3.17. The van der Waals surface area contributed by atoms with Crippen LogP contribution in [0.5, 0.6) is 5.75 Å². The van der Waals surface area contributed by atoms with Gasteiger partial charge in [-0.3, -0.25) is 4.79 Å². The van der Waals surface area contributed by atoms with Crippen LogP contribution in [0.1, 0.15) is 33.2 Å². The molecule has 1 aromatic heterocycles. The molecule has 0 fully saturated rings. The number of benzene rings is 1. The molecule has 0 aliphatic rings. The summed E-state index contributed by atoms with van der Waals surface area (Å²) in [7, 11) is 0. The first kappa shape index (κ1) is 19.9. The van der Waals surface area contributed by atoms with Crippen LogP contribution in [0.2, 0.25) is 5.02 Å². The van der Waals surface area contributed by atoms with Gasteiger partial charge in [-0.25, -0.2) is 9.78 Å². The van der Waals surface area contributed by atoms with Crippen LogP contribution in [0.4, 0.5) is 0 Å². The van der Waals surface area contributed by atoms with Gasteiger partial charge in [-0.2, -0.15) is 0 Å². The van der Waals surface area contributed by atoms with E-state index in [1.54, 1.807) is 37.3 Å². The smallest absolute Gasteiger partial charge is 0.326 e. The lowest BCUT2D eigenvalue weighted by Crippen LogP contribution is -2.40. The van der Waals surface area contributed by atoms with Gasteiger partial charge in [0.2, 0.25) is 0 Å². The molecule has 2 aromatic rings. The third-order valence-corrected chi connectivity index (χ3v) is 4.87. The third-order valence-electron chi connectivity index (χ3n) is 3.49. The summed E-state index contributed by atoms with van der Waals surface area (Å²) >= 11 is 7.01. The standard InChI is InChI=1S/C18H19ClN2O4S/c1-3-4-5-14(18(23)24)21-17(22)16-11(2)20-15(26-16)10-25-13-8-6-12(19)7-9-13/h3,6-9,14H,1,4-5,10H2,2H3,(H,21,22)(H,23,24). The molecule has 8 heteroatoms. The second kappa shape index (κ2) is 9.35. The Morgan fingerprint density at radius 3 is 2.73 bits per heavy atom. The molecule has 2 rings (SSSR count). The number of ether oxygens (including phenoxy) is 1. The van der Waals surface area contributed by atoms with Crippen LogP contribution in [-0.4, -0.2) is 28.0 Å². The second-order valence-corrected chi connectivity index (χ2v) is 7.02. The molecule has 1 atom stereocenters. The summed E-state index contributed by atoms with van der Waals surface area (Å²) in [5.41, 5.74) is 0.537. The Morgan fingerprint density at radius 1 is 1.42 bits per heavy atom. The Bertz CT molecular complexity index is 789. The maximum absolute atomic E-state index is 12.4. The highest BCUT2D eigenvalue weighted by Crippen LogP contribution is 2.21. The average Bonchev–Trinajstić information content (AvgIpc) is 2.98. The highest BCUT2D eigenvalue weighted by Gasteiger charge is 2.23. The molecule has 0 saturated carbocycles. The van der Waals surface area contributed by atoms with Gasteiger partial charge in [0.15, 0.2) is 0 Å². The number of aromatic nitrogens is 1. The molecule has 0 aliphatic heterocycles. The number of carboxylic acid groups (broad SMARTS) is 1. The molecule has 1 aromatic carbocycles. The van der Waals surface area contributed by atoms with Crippen LogP contribution in [0.25, 0.3) is 0 Å². The first-order valence-electron chi connectivity index (χ1n) is 7.90. The highest BCUT2D eigenvalue weighted by molar-refractivity contribution is 7.13. The normalized spacial score (nSPS) is 11.6. The van der Waals surface area contributed by atoms with Crippen LogP contribution >= 0.6 is 22.9 Å². The maximum Gasteiger partial charge on any atom is 0.326 e. The minimum absolute atomic E-state index is 0.208. The molecule has 1 heterocycles. The summed E-state index contributed by atoms with van der Waals surface area (Å²) < 4.78 is 5.62. The fraction of sp³-hybridized carbons (Fsp3) is 0.278. The van der Waals surface area contributed by atoms with Crippen molar-refractivity contribution in [2.75, 3.05) is 0 Å². The largest absolute Gasteiger partial charge is 0.486 e. The van der Waals surface area contributed by atoms with Gasteiger partial charge in [0.05, 0.1) is 5.69 Å². The number of aryl methyl sites for hydroxylation is 1. The van der Waals surface area contributed by atoms with Crippen molar-refractivity contribution in [3.05, 3.63) is 57.5 Å². The number of hydrogen-bond acceptors (Lipinski definition) is 5. The van der Waals surface area contributed by atoms with Gasteiger partial charge in [0, 0.05) is 5.02 Å². The van der Waals surface area contributed by atoms with Crippen LogP contribution < -0.4 is 10.1 Å². The minimum atomic E-state index is -1.08. The van der Waals surface area contributed by atoms with Crippen molar-refractivity contribution in [1.29, 1.82) is 0 Å². The quantitative estimate of drug-likeness (QED) is 0.631. The molecule has 0 saturated heterocycles. The Labute approximate surface area is 160 Å². The number of allylic oxidation sites excluding steroid dienone is 1. The van der Waals surface area contributed by atoms with Crippen molar-refractivity contribution in [1.82, 2.24) is 10.3 Å². The molecule has 0 radical (unpaired) electrons. The van der Waals surface area contributed by atoms with Crippen molar-refractivity contribution in [2.24, 2.45) is 0 Å². The first-order chi connectivity index (χ1) is 12.4. The van der Waals surface area contributed by atoms with Gasteiger partial charge in [0.25, 0.3) is 5.91 Å². The van der Waals surface area contributed by atoms with Gasteiger partial charge < -0.3 is 15.2 Å². The molecule has 0 bridgehead atoms. The number of amides is 1. The van der Waals surface area contributed by atoms with E-state index in [1.165, 1.54) is 11.3 Å². The van der Waals surface area contributed by atoms with E-state index >= 15 is 0 Å². The van der Waals surface area contributed by atoms with E-state index in [0.717, 1.165) is 0 Å². The predicted octanol–water partition coefficient (Wildman–Crippen LogP) is 3.83. The molecular weight excluding hydrogens is 376 g/mol. The number of carbonyl (C=O) groups is 2. The van der Waals surface area contributed by atoms with Crippen molar-refractivity contribution in [2.45, 2.75) is 32.4 Å². The zero-order chi connectivity index (χ0) is 19.1. The number of carboxylic acids is 1. The number of carbonyl (C=O) groups excluding carboxylic acids is 1. The number of nitrogens with one attached hydrogen (secondary N) is 1. The van der Waals surface area contributed by atoms with Crippen LogP contribution in [0.3, 0.4) is 0 Å². The Balaban J connectivity index is 2.01. The summed E-state index contributed by atoms with van der Waals surface area (Å²) in [4.78, 5) is 28.3. The maximum atomic E-state index is 12.4. The van der Waals surface area contributed by atoms with Crippen molar-refractivity contribution in [3.8, 4) is 5.75 Å². The van der Waals surface area contributed by atoms with Gasteiger partial charge >= 0.3 is 5.97 Å². The Morgan fingerprint density at radius 2 is 2.12 bits per heavy atom. The molecule has 0 spiro atoms. The molecule has 6 nitrogen and oxygen atoms in total. The molecule has 2 N–H and O–H groups in total. The number of halogens is 1. The van der Waals surface area contributed by atoms with Crippen molar-refractivity contribution < 1.29 is 19.4 Å². The molecule has 138 valence electrons. The number of rotatable bonds is 9. The monoisotopic (exact) mass is 394 g/mol. The minimum Gasteiger partial charge on any atom is -0.486 e. The van der Waals surface area contributed by atoms with E-state index in [2.05, 4.69) is 16.9 Å². The topological polar surface area (TPSA) is 88.5 Å². The average molecular weight is 395 g/mol. The highest BCUT2D eigenvalue weighted by atomic mass is 35.5. The number of aliphatic carboxylic acids is 1. The second-order valence-electron chi connectivity index (χ2n) is 5.50. The first-order valence-corrected chi connectivity index (χ1v) is 9.09. The fourth-order valence-electron chi connectivity index (χ4n) is 2.17. The van der Waals surface area contributed by atoms with Gasteiger partial charge in [-0.05, 0) is 44.0 Å². The molecule has 1 amide bonds. The van der Waals surface area contributed by atoms with E-state index in [4.69, 9.17) is 16.3 Å². The lowest BCUT2D eigenvalue weighted by Gasteiger charge is -2.12. The third kappa shape index (κ3) is 5.57. The predicted molar refractivity (Wildman–Crippen MR) is 101 cm³/mol. The summed E-state index contributed by atoms with van der Waals surface area (Å²) in [5.74, 6) is -0.883. The molecule has 0 aliphatic carbocycles. The summed E-state index contributed by atoms with van der Waals surface area (Å²) in [5, 5.41) is 13.0.